The average Bonchev–Trinajstić information content (AvgIpc) is 2.90. The van der Waals surface area contributed by atoms with Gasteiger partial charge in [-0.05, 0) is 29.5 Å². The molecule has 2 nitrogen and oxygen atoms in total. The fourth-order valence-electron chi connectivity index (χ4n) is 2.10. The zero-order valence-corrected chi connectivity index (χ0v) is 10.5. The van der Waals surface area contributed by atoms with Crippen molar-refractivity contribution in [3.63, 3.8) is 0 Å². The average molecular weight is 235 g/mol. The van der Waals surface area contributed by atoms with Gasteiger partial charge < -0.3 is 4.90 Å². The van der Waals surface area contributed by atoms with Crippen molar-refractivity contribution in [2.75, 3.05) is 7.05 Å². The highest BCUT2D eigenvalue weighted by Gasteiger charge is 2.51. The molecule has 1 aromatic carbocycles. The summed E-state index contributed by atoms with van der Waals surface area (Å²) in [7, 11) is 1.81. The lowest BCUT2D eigenvalue weighted by Gasteiger charge is -2.18. The van der Waals surface area contributed by atoms with Gasteiger partial charge in [-0.2, -0.15) is 0 Å². The van der Waals surface area contributed by atoms with Crippen LogP contribution in [0.1, 0.15) is 25.8 Å². The number of carbonyl (C=O) groups is 1. The first kappa shape index (κ1) is 12.1. The van der Waals surface area contributed by atoms with E-state index in [-0.39, 0.29) is 23.1 Å². The van der Waals surface area contributed by atoms with Gasteiger partial charge in [0.1, 0.15) is 5.82 Å². The molecule has 1 saturated carbocycles. The summed E-state index contributed by atoms with van der Waals surface area (Å²) in [4.78, 5) is 13.8. The Morgan fingerprint density at radius 2 is 1.94 bits per heavy atom. The summed E-state index contributed by atoms with van der Waals surface area (Å²) in [6.45, 7) is 4.77. The maximum atomic E-state index is 12.7. The second kappa shape index (κ2) is 4.13. The molecule has 1 aliphatic rings. The maximum absolute atomic E-state index is 12.7. The van der Waals surface area contributed by atoms with E-state index in [1.54, 1.807) is 24.1 Å². The van der Waals surface area contributed by atoms with Crippen molar-refractivity contribution < 1.29 is 9.18 Å². The van der Waals surface area contributed by atoms with Crippen molar-refractivity contribution in [1.82, 2.24) is 4.90 Å². The van der Waals surface area contributed by atoms with E-state index < -0.39 is 0 Å². The molecule has 1 atom stereocenters. The van der Waals surface area contributed by atoms with Crippen LogP contribution < -0.4 is 0 Å². The van der Waals surface area contributed by atoms with E-state index in [0.717, 1.165) is 12.0 Å². The summed E-state index contributed by atoms with van der Waals surface area (Å²) in [6.07, 6.45) is 0.972. The van der Waals surface area contributed by atoms with Gasteiger partial charge in [0.05, 0.1) is 0 Å². The van der Waals surface area contributed by atoms with Crippen molar-refractivity contribution >= 4 is 5.91 Å². The Morgan fingerprint density at radius 1 is 1.41 bits per heavy atom. The smallest absolute Gasteiger partial charge is 0.226 e. The fourth-order valence-corrected chi connectivity index (χ4v) is 2.10. The molecule has 92 valence electrons. The Kier molecular flexibility index (Phi) is 2.94. The third kappa shape index (κ3) is 2.65. The minimum atomic E-state index is -0.244. The summed E-state index contributed by atoms with van der Waals surface area (Å²) in [6, 6.07) is 6.29. The van der Waals surface area contributed by atoms with Gasteiger partial charge in [0.25, 0.3) is 0 Å². The van der Waals surface area contributed by atoms with Gasteiger partial charge >= 0.3 is 0 Å². The molecule has 0 N–H and O–H groups in total. The Bertz CT molecular complexity index is 424. The molecule has 0 heterocycles. The van der Waals surface area contributed by atoms with Gasteiger partial charge in [-0.3, -0.25) is 4.79 Å². The Balaban J connectivity index is 1.95. The lowest BCUT2D eigenvalue weighted by Crippen LogP contribution is -2.28. The first-order chi connectivity index (χ1) is 7.90. The van der Waals surface area contributed by atoms with E-state index in [0.29, 0.717) is 6.54 Å². The van der Waals surface area contributed by atoms with Gasteiger partial charge in [0, 0.05) is 19.5 Å². The predicted molar refractivity (Wildman–Crippen MR) is 64.8 cm³/mol. The molecular formula is C14H18FNO. The molecule has 2 rings (SSSR count). The van der Waals surface area contributed by atoms with Crippen LogP contribution in [-0.4, -0.2) is 17.9 Å². The topological polar surface area (TPSA) is 20.3 Å². The third-order valence-electron chi connectivity index (χ3n) is 3.52. The van der Waals surface area contributed by atoms with Crippen LogP contribution in [0.3, 0.4) is 0 Å². The minimum absolute atomic E-state index is 0.160. The summed E-state index contributed by atoms with van der Waals surface area (Å²) < 4.78 is 12.7. The van der Waals surface area contributed by atoms with Crippen LogP contribution in [0, 0.1) is 17.2 Å². The maximum Gasteiger partial charge on any atom is 0.226 e. The lowest BCUT2D eigenvalue weighted by molar-refractivity contribution is -0.132. The Hall–Kier alpha value is -1.38. The normalized spacial score (nSPS) is 21.1. The first-order valence-corrected chi connectivity index (χ1v) is 5.89. The number of carbonyl (C=O) groups excluding carboxylic acids is 1. The Morgan fingerprint density at radius 3 is 2.41 bits per heavy atom. The highest BCUT2D eigenvalue weighted by Crippen LogP contribution is 2.52. The molecule has 0 bridgehead atoms. The Labute approximate surface area is 101 Å². The molecule has 1 aromatic rings. The number of hydrogen-bond donors (Lipinski definition) is 0. The van der Waals surface area contributed by atoms with Crippen LogP contribution in [0.5, 0.6) is 0 Å². The van der Waals surface area contributed by atoms with Gasteiger partial charge in [-0.25, -0.2) is 4.39 Å². The SMILES string of the molecule is CN(Cc1ccc(F)cc1)C(=O)C1CC1(C)C. The molecule has 0 aliphatic heterocycles. The van der Waals surface area contributed by atoms with Crippen molar-refractivity contribution in [1.29, 1.82) is 0 Å². The molecule has 0 aromatic heterocycles. The van der Waals surface area contributed by atoms with E-state index >= 15 is 0 Å². The summed E-state index contributed by atoms with van der Waals surface area (Å²) in [5, 5.41) is 0. The van der Waals surface area contributed by atoms with Crippen molar-refractivity contribution in [3.8, 4) is 0 Å². The molecule has 1 amide bonds. The number of halogens is 1. The van der Waals surface area contributed by atoms with E-state index in [1.165, 1.54) is 12.1 Å². The molecule has 1 unspecified atom stereocenters. The predicted octanol–water partition coefficient (Wildman–Crippen LogP) is 2.83. The van der Waals surface area contributed by atoms with Crippen LogP contribution >= 0.6 is 0 Å². The number of amides is 1. The summed E-state index contributed by atoms with van der Waals surface area (Å²) >= 11 is 0. The van der Waals surface area contributed by atoms with Crippen molar-refractivity contribution in [3.05, 3.63) is 35.6 Å². The first-order valence-electron chi connectivity index (χ1n) is 5.89. The van der Waals surface area contributed by atoms with Gasteiger partial charge in [-0.1, -0.05) is 26.0 Å². The van der Waals surface area contributed by atoms with Crippen LogP contribution in [0.2, 0.25) is 0 Å². The molecular weight excluding hydrogens is 217 g/mol. The molecule has 3 heteroatoms. The summed E-state index contributed by atoms with van der Waals surface area (Å²) in [5.41, 5.74) is 1.12. The molecule has 0 saturated heterocycles. The number of hydrogen-bond acceptors (Lipinski definition) is 1. The molecule has 1 aliphatic carbocycles. The van der Waals surface area contributed by atoms with Crippen LogP contribution in [0.25, 0.3) is 0 Å². The lowest BCUT2D eigenvalue weighted by atomic mass is 10.1. The van der Waals surface area contributed by atoms with Crippen LogP contribution in [0.15, 0.2) is 24.3 Å². The third-order valence-corrected chi connectivity index (χ3v) is 3.52. The highest BCUT2D eigenvalue weighted by atomic mass is 19.1. The zero-order valence-electron chi connectivity index (χ0n) is 10.5. The van der Waals surface area contributed by atoms with Crippen LogP contribution in [-0.2, 0) is 11.3 Å². The molecule has 0 spiro atoms. The summed E-state index contributed by atoms with van der Waals surface area (Å²) in [5.74, 6) is 0.110. The second-order valence-corrected chi connectivity index (χ2v) is 5.57. The number of rotatable bonds is 3. The second-order valence-electron chi connectivity index (χ2n) is 5.57. The number of nitrogens with zero attached hydrogens (tertiary/aromatic N) is 1. The fraction of sp³-hybridized carbons (Fsp3) is 0.500. The molecule has 0 radical (unpaired) electrons. The minimum Gasteiger partial charge on any atom is -0.341 e. The van der Waals surface area contributed by atoms with Gasteiger partial charge in [-0.15, -0.1) is 0 Å². The van der Waals surface area contributed by atoms with E-state index in [1.807, 2.05) is 0 Å². The quantitative estimate of drug-likeness (QED) is 0.789. The van der Waals surface area contributed by atoms with E-state index in [9.17, 15) is 9.18 Å². The highest BCUT2D eigenvalue weighted by molar-refractivity contribution is 5.82. The van der Waals surface area contributed by atoms with Crippen LogP contribution in [0.4, 0.5) is 4.39 Å². The van der Waals surface area contributed by atoms with Crippen molar-refractivity contribution in [2.45, 2.75) is 26.8 Å². The number of benzene rings is 1. The van der Waals surface area contributed by atoms with E-state index in [2.05, 4.69) is 13.8 Å². The zero-order chi connectivity index (χ0) is 12.6. The largest absolute Gasteiger partial charge is 0.341 e. The molecule has 17 heavy (non-hydrogen) atoms. The van der Waals surface area contributed by atoms with Gasteiger partial charge in [0.2, 0.25) is 5.91 Å². The monoisotopic (exact) mass is 235 g/mol. The molecule has 1 fully saturated rings. The van der Waals surface area contributed by atoms with E-state index in [4.69, 9.17) is 0 Å². The van der Waals surface area contributed by atoms with Gasteiger partial charge in [0.15, 0.2) is 0 Å². The van der Waals surface area contributed by atoms with Crippen molar-refractivity contribution in [2.24, 2.45) is 11.3 Å². The standard InChI is InChI=1S/C14H18FNO/c1-14(2)8-12(14)13(17)16(3)9-10-4-6-11(15)7-5-10/h4-7,12H,8-9H2,1-3H3.